The molecule has 6 atom stereocenters. The lowest BCUT2D eigenvalue weighted by Gasteiger charge is -2.21. The second-order valence-electron chi connectivity index (χ2n) is 27.2. The monoisotopic (exact) mass is 1360 g/mol. The fourth-order valence-corrected chi connectivity index (χ4v) is 12.3. The van der Waals surface area contributed by atoms with E-state index in [0.717, 1.165) is 120 Å². The molecular formula is C74H140O17P2. The van der Waals surface area contributed by atoms with Gasteiger partial charge in [0, 0.05) is 25.7 Å². The summed E-state index contributed by atoms with van der Waals surface area (Å²) in [5, 5.41) is 10.6. The van der Waals surface area contributed by atoms with Crippen LogP contribution in [0.3, 0.4) is 0 Å². The van der Waals surface area contributed by atoms with Crippen LogP contribution in [-0.2, 0) is 65.4 Å². The van der Waals surface area contributed by atoms with Gasteiger partial charge in [-0.2, -0.15) is 0 Å². The summed E-state index contributed by atoms with van der Waals surface area (Å²) in [6, 6.07) is 0. The minimum Gasteiger partial charge on any atom is -0.462 e. The van der Waals surface area contributed by atoms with Crippen molar-refractivity contribution in [2.75, 3.05) is 39.6 Å². The molecule has 0 heterocycles. The molecule has 0 amide bonds. The predicted molar refractivity (Wildman–Crippen MR) is 377 cm³/mol. The number of ether oxygens (including phenoxy) is 4. The molecule has 93 heavy (non-hydrogen) atoms. The number of allylic oxidation sites excluding steroid dienone is 4. The summed E-state index contributed by atoms with van der Waals surface area (Å²) >= 11 is 0. The van der Waals surface area contributed by atoms with Gasteiger partial charge in [0.15, 0.2) is 12.2 Å². The Labute approximate surface area is 567 Å². The van der Waals surface area contributed by atoms with Gasteiger partial charge in [-0.3, -0.25) is 37.3 Å². The molecule has 0 aliphatic rings. The highest BCUT2D eigenvalue weighted by Gasteiger charge is 2.30. The zero-order chi connectivity index (χ0) is 68.7. The highest BCUT2D eigenvalue weighted by molar-refractivity contribution is 7.47. The van der Waals surface area contributed by atoms with Crippen molar-refractivity contribution in [1.82, 2.24) is 0 Å². The second kappa shape index (κ2) is 64.2. The van der Waals surface area contributed by atoms with Gasteiger partial charge >= 0.3 is 39.5 Å². The van der Waals surface area contributed by atoms with Crippen LogP contribution >= 0.6 is 15.6 Å². The highest BCUT2D eigenvalue weighted by Crippen LogP contribution is 2.45. The Kier molecular flexibility index (Phi) is 62.5. The Hall–Kier alpha value is -2.46. The fraction of sp³-hybridized carbons (Fsp3) is 0.892. The number of aliphatic hydroxyl groups excluding tert-OH is 1. The van der Waals surface area contributed by atoms with Crippen molar-refractivity contribution >= 4 is 39.5 Å². The molecule has 0 rings (SSSR count). The maximum absolute atomic E-state index is 13.1. The lowest BCUT2D eigenvalue weighted by Crippen LogP contribution is -2.30. The van der Waals surface area contributed by atoms with E-state index in [1.54, 1.807) is 0 Å². The number of aliphatic hydroxyl groups is 1. The summed E-state index contributed by atoms with van der Waals surface area (Å²) in [5.74, 6) is 0.131. The number of rotatable bonds is 70. The summed E-state index contributed by atoms with van der Waals surface area (Å²) in [5.41, 5.74) is 0. The quantitative estimate of drug-likeness (QED) is 0.0169. The smallest absolute Gasteiger partial charge is 0.462 e. The first-order valence-electron chi connectivity index (χ1n) is 37.7. The molecule has 0 aromatic heterocycles. The van der Waals surface area contributed by atoms with Gasteiger partial charge in [0.2, 0.25) is 0 Å². The van der Waals surface area contributed by atoms with Crippen molar-refractivity contribution in [2.45, 2.75) is 369 Å². The summed E-state index contributed by atoms with van der Waals surface area (Å²) < 4.78 is 68.4. The Balaban J connectivity index is 5.31. The zero-order valence-corrected chi connectivity index (χ0v) is 62.0. The predicted octanol–water partition coefficient (Wildman–Crippen LogP) is 21.0. The van der Waals surface area contributed by atoms with Crippen LogP contribution in [0.15, 0.2) is 24.3 Å². The van der Waals surface area contributed by atoms with E-state index in [1.807, 2.05) is 0 Å². The van der Waals surface area contributed by atoms with Crippen LogP contribution in [0.4, 0.5) is 0 Å². The molecule has 0 spiro atoms. The van der Waals surface area contributed by atoms with E-state index in [9.17, 15) is 43.2 Å². The first kappa shape index (κ1) is 90.5. The average molecular weight is 1360 g/mol. The molecule has 3 unspecified atom stereocenters. The molecule has 0 radical (unpaired) electrons. The van der Waals surface area contributed by atoms with Crippen LogP contribution in [0.25, 0.3) is 0 Å². The van der Waals surface area contributed by atoms with Gasteiger partial charge in [-0.15, -0.1) is 0 Å². The van der Waals surface area contributed by atoms with Gasteiger partial charge in [0.05, 0.1) is 26.4 Å². The molecule has 17 nitrogen and oxygen atoms in total. The molecule has 19 heteroatoms. The normalized spacial score (nSPS) is 14.6. The van der Waals surface area contributed by atoms with Gasteiger partial charge in [-0.1, -0.05) is 297 Å². The Morgan fingerprint density at radius 2 is 0.634 bits per heavy atom. The number of phosphoric ester groups is 2. The molecule has 0 fully saturated rings. The topological polar surface area (TPSA) is 237 Å². The van der Waals surface area contributed by atoms with Gasteiger partial charge in [0.25, 0.3) is 0 Å². The molecule has 0 bridgehead atoms. The average Bonchev–Trinajstić information content (AvgIpc) is 3.16. The van der Waals surface area contributed by atoms with Crippen LogP contribution < -0.4 is 0 Å². The molecule has 548 valence electrons. The molecular weight excluding hydrogens is 1220 g/mol. The van der Waals surface area contributed by atoms with Crippen LogP contribution in [0.1, 0.15) is 350 Å². The molecule has 3 N–H and O–H groups in total. The van der Waals surface area contributed by atoms with E-state index in [1.165, 1.54) is 148 Å². The van der Waals surface area contributed by atoms with Crippen molar-refractivity contribution in [1.29, 1.82) is 0 Å². The van der Waals surface area contributed by atoms with Crippen LogP contribution in [0.2, 0.25) is 0 Å². The Bertz CT molecular complexity index is 1910. The second-order valence-corrected chi connectivity index (χ2v) is 30.1. The summed E-state index contributed by atoms with van der Waals surface area (Å²) in [4.78, 5) is 72.7. The number of phosphoric acid groups is 2. The van der Waals surface area contributed by atoms with Crippen LogP contribution in [-0.4, -0.2) is 96.7 Å². The van der Waals surface area contributed by atoms with E-state index >= 15 is 0 Å². The maximum Gasteiger partial charge on any atom is 0.472 e. The minimum absolute atomic E-state index is 0.0844. The first-order valence-corrected chi connectivity index (χ1v) is 40.7. The van der Waals surface area contributed by atoms with E-state index in [4.69, 9.17) is 37.0 Å². The van der Waals surface area contributed by atoms with Crippen molar-refractivity contribution in [3.8, 4) is 0 Å². The largest absolute Gasteiger partial charge is 0.472 e. The van der Waals surface area contributed by atoms with Gasteiger partial charge in [-0.05, 0) is 69.1 Å². The maximum atomic E-state index is 13.1. The number of carbonyl (C=O) groups is 4. The summed E-state index contributed by atoms with van der Waals surface area (Å²) in [6.45, 7) is 11.8. The molecule has 0 aromatic carbocycles. The number of hydrogen-bond acceptors (Lipinski definition) is 15. The standard InChI is InChI=1S/C74H140O17P2/c1-8-10-11-12-13-14-15-16-17-18-19-27-36-43-50-57-73(78)90-69(61-84-71(76)55-48-41-34-26-22-20-24-31-38-45-52-65(3)4)63-88-92(80,81)86-59-68(75)60-87-93(82,83)89-64-70(62-85-72(77)56-49-42-35-30-29-33-40-47-54-67(7)9-2)91-74(79)58-51-44-37-28-23-21-25-32-39-46-53-66(5)6/h14-17,65-70,75H,8-13,18-64H2,1-7H3,(H,80,81)(H,82,83)/b15-14-,17-16-/t67?,68-,69-,70-/m1/s1. The SMILES string of the molecule is CCCCCC/C=C\C=C/CCCCCCCC(=O)O[C@H](COC(=O)CCCCCCCCCCCCC(C)C)COP(=O)(O)OC[C@@H](O)COP(=O)(O)OC[C@@H](COC(=O)CCCCCCCCCCC(C)CC)OC(=O)CCCCCCCCCCCCC(C)C. The Morgan fingerprint density at radius 3 is 0.957 bits per heavy atom. The molecule has 0 aliphatic carbocycles. The van der Waals surface area contributed by atoms with E-state index < -0.39 is 97.5 Å². The number of hydrogen-bond donors (Lipinski definition) is 3. The van der Waals surface area contributed by atoms with E-state index in [-0.39, 0.29) is 25.7 Å². The summed E-state index contributed by atoms with van der Waals surface area (Å²) in [7, 11) is -9.92. The highest BCUT2D eigenvalue weighted by atomic mass is 31.2. The van der Waals surface area contributed by atoms with Crippen LogP contribution in [0.5, 0.6) is 0 Å². The lowest BCUT2D eigenvalue weighted by molar-refractivity contribution is -0.161. The Morgan fingerprint density at radius 1 is 0.355 bits per heavy atom. The third-order valence-electron chi connectivity index (χ3n) is 16.9. The van der Waals surface area contributed by atoms with E-state index in [0.29, 0.717) is 25.7 Å². The number of unbranched alkanes of at least 4 members (excludes halogenated alkanes) is 34. The fourth-order valence-electron chi connectivity index (χ4n) is 10.7. The van der Waals surface area contributed by atoms with Gasteiger partial charge in [0.1, 0.15) is 19.3 Å². The third-order valence-corrected chi connectivity index (χ3v) is 18.8. The third kappa shape index (κ3) is 66.6. The van der Waals surface area contributed by atoms with Crippen LogP contribution in [0, 0.1) is 17.8 Å². The van der Waals surface area contributed by atoms with Gasteiger partial charge < -0.3 is 33.8 Å². The summed E-state index contributed by atoms with van der Waals surface area (Å²) in [6.07, 6.45) is 52.0. The number of esters is 4. The first-order chi connectivity index (χ1) is 44.8. The van der Waals surface area contributed by atoms with Crippen molar-refractivity contribution in [3.05, 3.63) is 24.3 Å². The van der Waals surface area contributed by atoms with Crippen molar-refractivity contribution in [3.63, 3.8) is 0 Å². The molecule has 0 saturated heterocycles. The molecule has 0 aliphatic heterocycles. The van der Waals surface area contributed by atoms with Gasteiger partial charge in [-0.25, -0.2) is 9.13 Å². The van der Waals surface area contributed by atoms with Crippen molar-refractivity contribution < 1.29 is 80.2 Å². The molecule has 0 aromatic rings. The van der Waals surface area contributed by atoms with E-state index in [2.05, 4.69) is 72.8 Å². The molecule has 0 saturated carbocycles. The number of carbonyl (C=O) groups excluding carboxylic acids is 4. The zero-order valence-electron chi connectivity index (χ0n) is 60.2. The minimum atomic E-state index is -4.96. The lowest BCUT2D eigenvalue weighted by atomic mass is 9.99. The van der Waals surface area contributed by atoms with Crippen molar-refractivity contribution in [2.24, 2.45) is 17.8 Å².